The number of hydrogen-bond donors (Lipinski definition) is 1. The number of benzene rings is 1. The molecule has 8 nitrogen and oxygen atoms in total. The minimum Gasteiger partial charge on any atom is -0.805 e. The van der Waals surface area contributed by atoms with Crippen LogP contribution >= 0.6 is 0 Å². The number of rotatable bonds is 0. The van der Waals surface area contributed by atoms with E-state index >= 15 is 0 Å². The van der Waals surface area contributed by atoms with Gasteiger partial charge in [0, 0.05) is 27.5 Å². The zero-order valence-corrected chi connectivity index (χ0v) is 10.3. The number of halogens is 1. The average Bonchev–Trinajstić information content (AvgIpc) is 2.22. The van der Waals surface area contributed by atoms with Gasteiger partial charge in [0.15, 0.2) is 0 Å². The third-order valence-corrected chi connectivity index (χ3v) is 1.69. The molecule has 1 aromatic heterocycles. The summed E-state index contributed by atoms with van der Waals surface area (Å²) in [5, 5.41) is 11.1. The van der Waals surface area contributed by atoms with Crippen LogP contribution in [0.5, 0.6) is 0 Å². The van der Waals surface area contributed by atoms with Crippen LogP contribution in [0.1, 0.15) is 0 Å². The van der Waals surface area contributed by atoms with Gasteiger partial charge in [0.1, 0.15) is 5.52 Å². The molecular formula is C8H7ClN2NiO6. The van der Waals surface area contributed by atoms with E-state index in [1.54, 1.807) is 24.3 Å². The maximum Gasteiger partial charge on any atom is 0.285 e. The van der Waals surface area contributed by atoms with E-state index in [0.717, 1.165) is 0 Å². The number of aromatic nitrogens is 2. The van der Waals surface area contributed by atoms with Crippen molar-refractivity contribution < 1.29 is 49.8 Å². The molecule has 0 radical (unpaired) electrons. The minimum absolute atomic E-state index is 0. The van der Waals surface area contributed by atoms with Gasteiger partial charge in [-0.25, -0.2) is 0 Å². The van der Waals surface area contributed by atoms with Gasteiger partial charge in [-0.2, -0.15) is 14.0 Å². The molecule has 10 heteroatoms. The van der Waals surface area contributed by atoms with Crippen molar-refractivity contribution >= 4 is 11.0 Å². The minimum atomic E-state index is -4.69. The molecule has 0 aliphatic rings. The summed E-state index contributed by atoms with van der Waals surface area (Å²) < 4.78 is 34.1. The van der Waals surface area contributed by atoms with Crippen LogP contribution in [0.15, 0.2) is 36.7 Å². The molecule has 2 aromatic rings. The van der Waals surface area contributed by atoms with E-state index in [9.17, 15) is 10.1 Å². The van der Waals surface area contributed by atoms with Crippen LogP contribution in [-0.2, 0) is 16.5 Å². The summed E-state index contributed by atoms with van der Waals surface area (Å²) in [6.45, 7) is 0. The Morgan fingerprint density at radius 2 is 1.72 bits per heavy atom. The van der Waals surface area contributed by atoms with Gasteiger partial charge in [0.2, 0.25) is 6.20 Å². The third kappa shape index (κ3) is 5.41. The third-order valence-electron chi connectivity index (χ3n) is 1.69. The Kier molecular flexibility index (Phi) is 6.20. The SMILES string of the molecule is O=[n+]1ccn([O-])c2ccccc21.[Ni].[O-][Cl+3]([O-])([O-])O. The first kappa shape index (κ1) is 16.8. The van der Waals surface area contributed by atoms with Crippen LogP contribution in [0.3, 0.4) is 0 Å². The average molecular weight is 321 g/mol. The van der Waals surface area contributed by atoms with Gasteiger partial charge in [0.25, 0.3) is 5.52 Å². The molecule has 0 unspecified atom stereocenters. The van der Waals surface area contributed by atoms with Gasteiger partial charge in [-0.1, -0.05) is 12.1 Å². The van der Waals surface area contributed by atoms with Crippen molar-refractivity contribution in [2.75, 3.05) is 0 Å². The molecule has 2 rings (SSSR count). The summed E-state index contributed by atoms with van der Waals surface area (Å²) in [5.74, 6) is 0. The predicted molar refractivity (Wildman–Crippen MR) is 46.3 cm³/mol. The van der Waals surface area contributed by atoms with E-state index in [2.05, 4.69) is 0 Å². The van der Waals surface area contributed by atoms with E-state index in [-0.39, 0.29) is 16.5 Å². The summed E-state index contributed by atoms with van der Waals surface area (Å²) in [6, 6.07) is 6.65. The van der Waals surface area contributed by atoms with Gasteiger partial charge in [-0.05, 0) is 6.07 Å². The second kappa shape index (κ2) is 6.65. The van der Waals surface area contributed by atoms with Gasteiger partial charge in [-0.3, -0.25) is 0 Å². The van der Waals surface area contributed by atoms with Gasteiger partial charge < -0.3 is 9.94 Å². The Labute approximate surface area is 113 Å². The normalized spacial score (nSPS) is 10.2. The number of nitrogens with zero attached hydrogens (tertiary/aromatic N) is 2. The summed E-state index contributed by atoms with van der Waals surface area (Å²) >= 11 is 0. The fourth-order valence-corrected chi connectivity index (χ4v) is 1.12. The van der Waals surface area contributed by atoms with Crippen LogP contribution in [-0.4, -0.2) is 9.39 Å². The van der Waals surface area contributed by atoms with E-state index in [1.807, 2.05) is 0 Å². The maximum absolute atomic E-state index is 11.1. The van der Waals surface area contributed by atoms with Crippen molar-refractivity contribution in [2.45, 2.75) is 0 Å². The van der Waals surface area contributed by atoms with Crippen LogP contribution in [0.4, 0.5) is 0 Å². The number of fused-ring (bicyclic) bond motifs is 1. The monoisotopic (exact) mass is 320 g/mol. The predicted octanol–water partition coefficient (Wildman–Crippen LogP) is -3.22. The van der Waals surface area contributed by atoms with Crippen LogP contribution in [0.25, 0.3) is 11.0 Å². The molecule has 0 aliphatic heterocycles. The van der Waals surface area contributed by atoms with Crippen LogP contribution in [0.2, 0.25) is 0 Å². The molecule has 102 valence electrons. The van der Waals surface area contributed by atoms with Gasteiger partial charge in [-0.15, -0.1) is 0 Å². The van der Waals surface area contributed by atoms with Crippen LogP contribution < -0.4 is 18.4 Å². The number of hydrogen-bond acceptors (Lipinski definition) is 6. The molecule has 0 bridgehead atoms. The van der Waals surface area contributed by atoms with E-state index in [4.69, 9.17) is 18.6 Å². The molecular weight excluding hydrogens is 314 g/mol. The Morgan fingerprint density at radius 3 is 2.22 bits per heavy atom. The first-order valence-electron chi connectivity index (χ1n) is 4.12. The zero-order chi connectivity index (χ0) is 13.1. The topological polar surface area (TPSA) is 140 Å². The molecule has 0 fully saturated rings. The molecule has 1 N–H and O–H groups in total. The molecule has 18 heavy (non-hydrogen) atoms. The molecule has 0 spiro atoms. The maximum atomic E-state index is 11.1. The first-order chi connectivity index (χ1) is 7.79. The Bertz CT molecular complexity index is 563. The first-order valence-corrected chi connectivity index (χ1v) is 5.39. The molecule has 0 amide bonds. The fourth-order valence-electron chi connectivity index (χ4n) is 1.12. The zero-order valence-electron chi connectivity index (χ0n) is 8.54. The Balaban J connectivity index is 0.000000421. The second-order valence-corrected chi connectivity index (χ2v) is 3.63. The summed E-state index contributed by atoms with van der Waals surface area (Å²) in [7, 11) is -4.69. The van der Waals surface area contributed by atoms with Crippen molar-refractivity contribution in [1.29, 1.82) is 0 Å². The van der Waals surface area contributed by atoms with Gasteiger partial charge >= 0.3 is 0 Å². The molecule has 0 atom stereocenters. The molecule has 0 saturated heterocycles. The van der Waals surface area contributed by atoms with Crippen molar-refractivity contribution in [3.63, 3.8) is 0 Å². The van der Waals surface area contributed by atoms with Crippen molar-refractivity contribution in [1.82, 2.24) is 4.73 Å². The smallest absolute Gasteiger partial charge is 0.285 e. The number of para-hydroxylation sites is 2. The summed E-state index contributed by atoms with van der Waals surface area (Å²) in [5.41, 5.74) is 0.769. The summed E-state index contributed by atoms with van der Waals surface area (Å²) in [6.07, 6.45) is 2.38. The second-order valence-electron chi connectivity index (χ2n) is 2.83. The molecule has 0 aliphatic carbocycles. The molecule has 1 heterocycles. The van der Waals surface area contributed by atoms with E-state index < -0.39 is 10.2 Å². The Hall–Kier alpha value is -1.22. The van der Waals surface area contributed by atoms with Crippen LogP contribution in [0, 0.1) is 20.4 Å². The van der Waals surface area contributed by atoms with E-state index in [0.29, 0.717) is 20.2 Å². The Morgan fingerprint density at radius 1 is 1.22 bits per heavy atom. The van der Waals surface area contributed by atoms with Crippen molar-refractivity contribution in [3.05, 3.63) is 46.8 Å². The molecule has 1 aromatic carbocycles. The largest absolute Gasteiger partial charge is 0.805 e. The fraction of sp³-hybridized carbons (Fsp3) is 0. The van der Waals surface area contributed by atoms with E-state index in [1.165, 1.54) is 12.4 Å². The van der Waals surface area contributed by atoms with Crippen molar-refractivity contribution in [3.8, 4) is 0 Å². The van der Waals surface area contributed by atoms with Crippen molar-refractivity contribution in [2.24, 2.45) is 0 Å². The van der Waals surface area contributed by atoms with Gasteiger partial charge in [0.05, 0.1) is 25.5 Å². The standard InChI is InChI=1S/C8H6N2O2.ClHO4.Ni/c11-9-5-6-10(12)8-4-2-1-3-7(8)9;2-1(3,4)5;/h1-6H;(H,2,3,4,5);. The molecule has 0 saturated carbocycles. The summed E-state index contributed by atoms with van der Waals surface area (Å²) in [4.78, 5) is 11.1. The quantitative estimate of drug-likeness (QED) is 0.400.